The van der Waals surface area contributed by atoms with Crippen LogP contribution < -0.4 is 26.2 Å². The van der Waals surface area contributed by atoms with Crippen LogP contribution in [0.1, 0.15) is 0 Å². The van der Waals surface area contributed by atoms with Crippen molar-refractivity contribution in [3.05, 3.63) is 309 Å². The van der Waals surface area contributed by atoms with Crippen LogP contribution in [0.25, 0.3) is 107 Å². The van der Waals surface area contributed by atoms with Crippen LogP contribution in [-0.4, -0.2) is 36.2 Å². The van der Waals surface area contributed by atoms with Crippen LogP contribution >= 0.6 is 0 Å². The first-order valence-electron chi connectivity index (χ1n) is 29.8. The molecule has 15 aromatic rings. The third-order valence-electron chi connectivity index (χ3n) is 17.3. The zero-order chi connectivity index (χ0) is 58.1. The van der Waals surface area contributed by atoms with E-state index in [1.165, 1.54) is 39.1 Å². The normalized spacial score (nSPS) is 12.2. The Morgan fingerprint density at radius 1 is 0.250 bits per heavy atom. The second-order valence-corrected chi connectivity index (χ2v) is 22.4. The maximum absolute atomic E-state index is 5.47. The van der Waals surface area contributed by atoms with Crippen molar-refractivity contribution in [2.75, 3.05) is 9.80 Å². The average molecular weight is 1120 g/mol. The van der Waals surface area contributed by atoms with Crippen molar-refractivity contribution in [2.24, 2.45) is 0 Å². The molecule has 5 heterocycles. The molecule has 0 radical (unpaired) electrons. The van der Waals surface area contributed by atoms with E-state index in [1.54, 1.807) is 0 Å². The molecule has 88 heavy (non-hydrogen) atoms. The summed E-state index contributed by atoms with van der Waals surface area (Å²) in [5.74, 6) is 2.23. The van der Waals surface area contributed by atoms with E-state index in [4.69, 9.17) is 24.9 Å². The van der Waals surface area contributed by atoms with Gasteiger partial charge in [0.15, 0.2) is 23.3 Å². The topological polar surface area (TPSA) is 75.9 Å². The predicted molar refractivity (Wildman–Crippen MR) is 362 cm³/mol. The minimum absolute atomic E-state index is 0.0791. The summed E-state index contributed by atoms with van der Waals surface area (Å²) in [7, 11) is 0. The summed E-state index contributed by atoms with van der Waals surface area (Å²) in [6.45, 7) is 0.0791. The van der Waals surface area contributed by atoms with Gasteiger partial charge in [-0.1, -0.05) is 224 Å². The lowest BCUT2D eigenvalue weighted by Crippen LogP contribution is -2.61. The molecule has 0 atom stereocenters. The molecule has 0 saturated carbocycles. The van der Waals surface area contributed by atoms with Crippen molar-refractivity contribution in [1.82, 2.24) is 29.5 Å². The van der Waals surface area contributed by atoms with Gasteiger partial charge in [-0.05, 0) is 112 Å². The van der Waals surface area contributed by atoms with Crippen LogP contribution in [0.3, 0.4) is 0 Å². The van der Waals surface area contributed by atoms with Gasteiger partial charge in [-0.15, -0.1) is 0 Å². The number of fused-ring (bicyclic) bond motifs is 7. The molecule has 0 N–H and O–H groups in total. The third-order valence-corrected chi connectivity index (χ3v) is 17.3. The predicted octanol–water partition coefficient (Wildman–Crippen LogP) is 17.5. The summed E-state index contributed by atoms with van der Waals surface area (Å²) in [6, 6.07) is 109. The van der Waals surface area contributed by atoms with Crippen LogP contribution in [0.5, 0.6) is 0 Å². The molecule has 0 spiro atoms. The molecule has 410 valence electrons. The molecular weight excluding hydrogens is 1070 g/mol. The lowest BCUT2D eigenvalue weighted by atomic mass is 9.33. The van der Waals surface area contributed by atoms with Gasteiger partial charge >= 0.3 is 0 Å². The first-order chi connectivity index (χ1) is 43.6. The molecule has 0 aliphatic carbocycles. The highest BCUT2D eigenvalue weighted by Gasteiger charge is 2.42. The lowest BCUT2D eigenvalue weighted by molar-refractivity contribution is 1.06. The van der Waals surface area contributed by atoms with Gasteiger partial charge in [0, 0.05) is 78.3 Å². The van der Waals surface area contributed by atoms with Gasteiger partial charge in [0.2, 0.25) is 0 Å². The highest BCUT2D eigenvalue weighted by molar-refractivity contribution is 7.00. The second kappa shape index (κ2) is 21.1. The molecule has 12 aromatic carbocycles. The summed E-state index contributed by atoms with van der Waals surface area (Å²) in [5.41, 5.74) is 23.1. The molecule has 2 aliphatic rings. The Balaban J connectivity index is 0.780. The van der Waals surface area contributed by atoms with Gasteiger partial charge in [0.1, 0.15) is 0 Å². The molecule has 0 fully saturated rings. The molecule has 0 saturated heterocycles. The van der Waals surface area contributed by atoms with Crippen molar-refractivity contribution in [3.63, 3.8) is 0 Å². The largest absolute Gasteiger partial charge is 0.311 e. The zero-order valence-corrected chi connectivity index (χ0v) is 47.6. The maximum atomic E-state index is 5.47. The second-order valence-electron chi connectivity index (χ2n) is 22.4. The first kappa shape index (κ1) is 50.7. The number of benzene rings is 12. The van der Waals surface area contributed by atoms with Gasteiger partial charge in [-0.2, -0.15) is 0 Å². The van der Waals surface area contributed by atoms with Gasteiger partial charge < -0.3 is 14.4 Å². The molecule has 0 bridgehead atoms. The van der Waals surface area contributed by atoms with Crippen molar-refractivity contribution in [3.8, 4) is 84.9 Å². The van der Waals surface area contributed by atoms with Gasteiger partial charge in [0.05, 0.1) is 28.1 Å². The quantitative estimate of drug-likeness (QED) is 0.126. The molecule has 17 rings (SSSR count). The standard InChI is InChI=1S/C79H51BN8/c1-5-22-54(23-6-1)66-51-67(55-24-7-2-8-25-55)82-78(81-66)58-46-49-70(88-68-34-17-13-30-61(68)62-31-14-18-35-69(62)88)63(50-58)79-84-76(56-26-9-3-10-27-56)83-77(85-79)57-42-40-52(41-43-57)53-44-47-60(48-45-53)87-72-37-20-16-33-65(72)80-64-32-15-19-36-71(64)86(59-28-11-4-12-29-59)73-38-21-39-74(87)75(73)80/h1-51H. The zero-order valence-electron chi connectivity index (χ0n) is 47.6. The van der Waals surface area contributed by atoms with E-state index in [2.05, 4.69) is 269 Å². The van der Waals surface area contributed by atoms with Crippen LogP contribution in [0.4, 0.5) is 34.1 Å². The fourth-order valence-electron chi connectivity index (χ4n) is 13.2. The number of rotatable bonds is 10. The molecule has 0 unspecified atom stereocenters. The SMILES string of the molecule is c1ccc(-c2cc(-c3ccccc3)nc(-c3ccc(-n4c5ccccc5c5ccccc54)c(-c4nc(-c5ccccc5)nc(-c5ccc(-c6ccc(N7c8ccccc8B8c9ccccc9N(c9ccccc9)c9cccc7c98)cc6)cc5)n4)c3)n2)cc1. The van der Waals surface area contributed by atoms with E-state index in [0.29, 0.717) is 23.3 Å². The minimum Gasteiger partial charge on any atom is -0.311 e. The van der Waals surface area contributed by atoms with Crippen molar-refractivity contribution in [2.45, 2.75) is 0 Å². The Morgan fingerprint density at radius 3 is 1.20 bits per heavy atom. The van der Waals surface area contributed by atoms with Crippen LogP contribution in [-0.2, 0) is 0 Å². The Labute approximate surface area is 509 Å². The van der Waals surface area contributed by atoms with Crippen molar-refractivity contribution in [1.29, 1.82) is 0 Å². The Morgan fingerprint density at radius 2 is 0.648 bits per heavy atom. The molecule has 0 amide bonds. The fraction of sp³-hybridized carbons (Fsp3) is 0. The average Bonchev–Trinajstić information content (AvgIpc) is 0.900. The Hall–Kier alpha value is -11.8. The van der Waals surface area contributed by atoms with Crippen molar-refractivity contribution >= 4 is 79.0 Å². The summed E-state index contributed by atoms with van der Waals surface area (Å²) in [6.07, 6.45) is 0. The van der Waals surface area contributed by atoms with E-state index < -0.39 is 0 Å². The Bertz CT molecular complexity index is 5040. The van der Waals surface area contributed by atoms with Gasteiger partial charge in [0.25, 0.3) is 6.71 Å². The first-order valence-corrected chi connectivity index (χ1v) is 29.8. The number of nitrogens with zero attached hydrogens (tertiary/aromatic N) is 8. The fourth-order valence-corrected chi connectivity index (χ4v) is 13.2. The van der Waals surface area contributed by atoms with Gasteiger partial charge in [-0.3, -0.25) is 0 Å². The molecule has 3 aromatic heterocycles. The van der Waals surface area contributed by atoms with Crippen molar-refractivity contribution < 1.29 is 0 Å². The minimum atomic E-state index is 0.0791. The number of anilines is 6. The highest BCUT2D eigenvalue weighted by atomic mass is 15.2. The lowest BCUT2D eigenvalue weighted by Gasteiger charge is -2.44. The summed E-state index contributed by atoms with van der Waals surface area (Å²) < 4.78 is 2.33. The third kappa shape index (κ3) is 8.58. The maximum Gasteiger partial charge on any atom is 0.252 e. The van der Waals surface area contributed by atoms with Gasteiger partial charge in [-0.25, -0.2) is 24.9 Å². The summed E-state index contributed by atoms with van der Waals surface area (Å²) in [5, 5.41) is 2.31. The monoisotopic (exact) mass is 1120 g/mol. The molecule has 2 aliphatic heterocycles. The number of hydrogen-bond acceptors (Lipinski definition) is 7. The number of aromatic nitrogens is 6. The summed E-state index contributed by atoms with van der Waals surface area (Å²) >= 11 is 0. The summed E-state index contributed by atoms with van der Waals surface area (Å²) in [4.78, 5) is 31.6. The van der Waals surface area contributed by atoms with E-state index in [1.807, 2.05) is 54.6 Å². The van der Waals surface area contributed by atoms with E-state index >= 15 is 0 Å². The number of para-hydroxylation sites is 5. The van der Waals surface area contributed by atoms with E-state index in [0.717, 1.165) is 94.8 Å². The van der Waals surface area contributed by atoms with Crippen LogP contribution in [0, 0.1) is 0 Å². The van der Waals surface area contributed by atoms with Crippen LogP contribution in [0.2, 0.25) is 0 Å². The molecule has 9 heteroatoms. The van der Waals surface area contributed by atoms with E-state index in [-0.39, 0.29) is 6.71 Å². The van der Waals surface area contributed by atoms with Crippen LogP contribution in [0.15, 0.2) is 309 Å². The smallest absolute Gasteiger partial charge is 0.252 e. The number of hydrogen-bond donors (Lipinski definition) is 0. The highest BCUT2D eigenvalue weighted by Crippen LogP contribution is 2.45. The molecule has 8 nitrogen and oxygen atoms in total. The van der Waals surface area contributed by atoms with E-state index in [9.17, 15) is 0 Å². The Kier molecular flexibility index (Phi) is 12.1. The molecular formula is C79H51BN8.